The minimum Gasteiger partial charge on any atom is -0.373 e. The lowest BCUT2D eigenvalue weighted by Gasteiger charge is -2.40. The molecule has 2 aliphatic rings. The zero-order chi connectivity index (χ0) is 12.4. The Kier molecular flexibility index (Phi) is 4.48. The monoisotopic (exact) mass is 239 g/mol. The summed E-state index contributed by atoms with van der Waals surface area (Å²) >= 11 is 0. The van der Waals surface area contributed by atoms with Gasteiger partial charge in [-0.15, -0.1) is 0 Å². The highest BCUT2D eigenvalue weighted by Gasteiger charge is 2.34. The maximum atomic E-state index is 6.35. The van der Waals surface area contributed by atoms with Crippen molar-refractivity contribution in [3.8, 4) is 0 Å². The van der Waals surface area contributed by atoms with E-state index in [9.17, 15) is 0 Å². The highest BCUT2D eigenvalue weighted by Crippen LogP contribution is 2.34. The molecule has 0 aromatic rings. The molecule has 2 fully saturated rings. The van der Waals surface area contributed by atoms with Gasteiger partial charge in [0.2, 0.25) is 0 Å². The molecule has 100 valence electrons. The predicted molar refractivity (Wildman–Crippen MR) is 71.8 cm³/mol. The molecular weight excluding hydrogens is 210 g/mol. The molecular formula is C15H29NO. The molecule has 2 heteroatoms. The lowest BCUT2D eigenvalue weighted by molar-refractivity contribution is -0.0895. The van der Waals surface area contributed by atoms with Crippen molar-refractivity contribution in [3.63, 3.8) is 0 Å². The van der Waals surface area contributed by atoms with Crippen LogP contribution in [0.2, 0.25) is 0 Å². The van der Waals surface area contributed by atoms with Gasteiger partial charge in [-0.2, -0.15) is 0 Å². The molecule has 0 heterocycles. The van der Waals surface area contributed by atoms with Gasteiger partial charge in [0.1, 0.15) is 0 Å². The molecule has 2 nitrogen and oxygen atoms in total. The summed E-state index contributed by atoms with van der Waals surface area (Å²) in [5.41, 5.74) is 6.29. The molecule has 0 aromatic carbocycles. The molecule has 2 rings (SSSR count). The normalized spacial score (nSPS) is 48.0. The maximum Gasteiger partial charge on any atom is 0.0755 e. The van der Waals surface area contributed by atoms with Gasteiger partial charge in [-0.25, -0.2) is 0 Å². The minimum absolute atomic E-state index is 0.256. The van der Waals surface area contributed by atoms with E-state index in [1.807, 2.05) is 0 Å². The average molecular weight is 239 g/mol. The van der Waals surface area contributed by atoms with Crippen LogP contribution in [0.5, 0.6) is 0 Å². The summed E-state index contributed by atoms with van der Waals surface area (Å²) in [6.45, 7) is 6.98. The number of hydrogen-bond acceptors (Lipinski definition) is 2. The van der Waals surface area contributed by atoms with Crippen LogP contribution < -0.4 is 5.73 Å². The van der Waals surface area contributed by atoms with Crippen LogP contribution in [0.1, 0.15) is 59.3 Å². The second-order valence-electron chi connectivity index (χ2n) is 6.71. The fraction of sp³-hybridized carbons (Fsp3) is 1.00. The largest absolute Gasteiger partial charge is 0.373 e. The van der Waals surface area contributed by atoms with E-state index in [1.54, 1.807) is 0 Å². The zero-order valence-electron chi connectivity index (χ0n) is 11.7. The van der Waals surface area contributed by atoms with Crippen molar-refractivity contribution in [2.75, 3.05) is 0 Å². The molecule has 0 aliphatic heterocycles. The van der Waals surface area contributed by atoms with Gasteiger partial charge < -0.3 is 10.5 Å². The van der Waals surface area contributed by atoms with Crippen LogP contribution in [-0.4, -0.2) is 18.2 Å². The van der Waals surface area contributed by atoms with E-state index < -0.39 is 0 Å². The molecule has 2 N–H and O–H groups in total. The fourth-order valence-corrected chi connectivity index (χ4v) is 3.85. The molecule has 6 unspecified atom stereocenters. The van der Waals surface area contributed by atoms with Crippen molar-refractivity contribution in [1.82, 2.24) is 0 Å². The van der Waals surface area contributed by atoms with Crippen LogP contribution in [0.3, 0.4) is 0 Å². The Morgan fingerprint density at radius 3 is 2.35 bits per heavy atom. The molecule has 2 aliphatic carbocycles. The average Bonchev–Trinajstić information content (AvgIpc) is 2.23. The third-order valence-electron chi connectivity index (χ3n) is 4.67. The van der Waals surface area contributed by atoms with Gasteiger partial charge in [0.15, 0.2) is 0 Å². The van der Waals surface area contributed by atoms with E-state index in [0.717, 1.165) is 18.3 Å². The summed E-state index contributed by atoms with van der Waals surface area (Å²) in [4.78, 5) is 0. The summed E-state index contributed by atoms with van der Waals surface area (Å²) in [7, 11) is 0. The van der Waals surface area contributed by atoms with Gasteiger partial charge in [-0.3, -0.25) is 0 Å². The van der Waals surface area contributed by atoms with Crippen LogP contribution in [0.15, 0.2) is 0 Å². The van der Waals surface area contributed by atoms with Gasteiger partial charge >= 0.3 is 0 Å². The van der Waals surface area contributed by atoms with Gasteiger partial charge in [0, 0.05) is 6.04 Å². The van der Waals surface area contributed by atoms with E-state index in [-0.39, 0.29) is 6.04 Å². The molecule has 0 bridgehead atoms. The molecule has 6 atom stereocenters. The second kappa shape index (κ2) is 5.71. The quantitative estimate of drug-likeness (QED) is 0.802. The van der Waals surface area contributed by atoms with Crippen molar-refractivity contribution in [2.24, 2.45) is 23.5 Å². The Hall–Kier alpha value is -0.0800. The van der Waals surface area contributed by atoms with Crippen LogP contribution in [0.25, 0.3) is 0 Å². The number of hydrogen-bond donors (Lipinski definition) is 1. The molecule has 0 spiro atoms. The van der Waals surface area contributed by atoms with Gasteiger partial charge in [0.05, 0.1) is 12.2 Å². The van der Waals surface area contributed by atoms with E-state index >= 15 is 0 Å². The first-order valence-electron chi connectivity index (χ1n) is 7.47. The molecule has 0 saturated heterocycles. The standard InChI is InChI=1S/C15H29NO/c1-10-5-4-6-13(8-10)17-15-12(3)7-11(2)9-14(15)16/h10-15H,4-9,16H2,1-3H3. The van der Waals surface area contributed by atoms with Gasteiger partial charge in [-0.05, 0) is 43.4 Å². The van der Waals surface area contributed by atoms with Crippen molar-refractivity contribution in [3.05, 3.63) is 0 Å². The number of ether oxygens (including phenoxy) is 1. The summed E-state index contributed by atoms with van der Waals surface area (Å²) in [6, 6.07) is 0.256. The van der Waals surface area contributed by atoms with E-state index in [0.29, 0.717) is 18.1 Å². The summed E-state index contributed by atoms with van der Waals surface area (Å²) in [5, 5.41) is 0. The first kappa shape index (κ1) is 13.4. The predicted octanol–water partition coefficient (Wildman–Crippen LogP) is 3.34. The van der Waals surface area contributed by atoms with Gasteiger partial charge in [-0.1, -0.05) is 33.6 Å². The lowest BCUT2D eigenvalue weighted by atomic mass is 9.78. The van der Waals surface area contributed by atoms with Gasteiger partial charge in [0.25, 0.3) is 0 Å². The number of rotatable bonds is 2. The highest BCUT2D eigenvalue weighted by molar-refractivity contribution is 4.88. The second-order valence-corrected chi connectivity index (χ2v) is 6.71. The minimum atomic E-state index is 0.256. The molecule has 0 radical (unpaired) electrons. The first-order chi connectivity index (χ1) is 8.06. The van der Waals surface area contributed by atoms with E-state index in [1.165, 1.54) is 32.1 Å². The maximum absolute atomic E-state index is 6.35. The SMILES string of the molecule is CC1CCCC(OC2C(C)CC(C)CC2N)C1. The molecule has 0 aromatic heterocycles. The van der Waals surface area contributed by atoms with E-state index in [2.05, 4.69) is 20.8 Å². The van der Waals surface area contributed by atoms with Crippen molar-refractivity contribution in [1.29, 1.82) is 0 Å². The third kappa shape index (κ3) is 3.45. The Morgan fingerprint density at radius 1 is 0.941 bits per heavy atom. The summed E-state index contributed by atoms with van der Waals surface area (Å²) in [6.07, 6.45) is 8.40. The number of nitrogens with two attached hydrogens (primary N) is 1. The fourth-order valence-electron chi connectivity index (χ4n) is 3.85. The smallest absolute Gasteiger partial charge is 0.0755 e. The first-order valence-corrected chi connectivity index (χ1v) is 7.47. The highest BCUT2D eigenvalue weighted by atomic mass is 16.5. The van der Waals surface area contributed by atoms with Crippen molar-refractivity contribution >= 4 is 0 Å². The molecule has 0 amide bonds. The van der Waals surface area contributed by atoms with Crippen LogP contribution in [0.4, 0.5) is 0 Å². The Balaban J connectivity index is 1.88. The Labute approximate surface area is 106 Å². The third-order valence-corrected chi connectivity index (χ3v) is 4.67. The topological polar surface area (TPSA) is 35.2 Å². The summed E-state index contributed by atoms with van der Waals surface area (Å²) in [5.74, 6) is 2.24. The van der Waals surface area contributed by atoms with Crippen LogP contribution >= 0.6 is 0 Å². The Bertz CT molecular complexity index is 231. The van der Waals surface area contributed by atoms with Crippen molar-refractivity contribution in [2.45, 2.75) is 77.5 Å². The van der Waals surface area contributed by atoms with E-state index in [4.69, 9.17) is 10.5 Å². The van der Waals surface area contributed by atoms with Crippen LogP contribution in [-0.2, 0) is 4.74 Å². The molecule has 17 heavy (non-hydrogen) atoms. The molecule has 2 saturated carbocycles. The Morgan fingerprint density at radius 2 is 1.71 bits per heavy atom. The lowest BCUT2D eigenvalue weighted by Crippen LogP contribution is -2.48. The van der Waals surface area contributed by atoms with Crippen LogP contribution in [0, 0.1) is 17.8 Å². The van der Waals surface area contributed by atoms with Crippen molar-refractivity contribution < 1.29 is 4.74 Å². The summed E-state index contributed by atoms with van der Waals surface area (Å²) < 4.78 is 6.35. The zero-order valence-corrected chi connectivity index (χ0v) is 11.7.